The Morgan fingerprint density at radius 3 is 2.58 bits per heavy atom. The number of halogens is 2. The monoisotopic (exact) mass is 409 g/mol. The Morgan fingerprint density at radius 1 is 1.31 bits per heavy atom. The van der Waals surface area contributed by atoms with Crippen LogP contribution in [0.15, 0.2) is 18.2 Å². The van der Waals surface area contributed by atoms with Crippen LogP contribution in [0.4, 0.5) is 14.5 Å². The van der Waals surface area contributed by atoms with Gasteiger partial charge in [-0.2, -0.15) is 30.9 Å². The van der Waals surface area contributed by atoms with Gasteiger partial charge in [-0.3, -0.25) is 4.79 Å². The van der Waals surface area contributed by atoms with Crippen molar-refractivity contribution in [2.24, 2.45) is 5.92 Å². The van der Waals surface area contributed by atoms with Crippen LogP contribution in [0.5, 0.6) is 0 Å². The van der Waals surface area contributed by atoms with E-state index < -0.39 is 39.2 Å². The second-order valence-electron chi connectivity index (χ2n) is 6.62. The Bertz CT molecular complexity index is 787. The molecule has 2 saturated heterocycles. The van der Waals surface area contributed by atoms with E-state index in [4.69, 9.17) is 4.74 Å². The van der Waals surface area contributed by atoms with Crippen molar-refractivity contribution in [3.63, 3.8) is 0 Å². The third-order valence-electron chi connectivity index (χ3n) is 4.27. The van der Waals surface area contributed by atoms with E-state index in [9.17, 15) is 22.0 Å². The van der Waals surface area contributed by atoms with Crippen LogP contribution in [0, 0.1) is 17.6 Å². The SMILES string of the molecule is CC1(NS(=O)(=O)N2CC[C@H](C(=O)Nc3ccc(F)c(F)c3)C2)COC1.S. The predicted molar refractivity (Wildman–Crippen MR) is 96.3 cm³/mol. The normalized spacial score (nSPS) is 22.3. The van der Waals surface area contributed by atoms with Crippen molar-refractivity contribution in [3.8, 4) is 0 Å². The van der Waals surface area contributed by atoms with E-state index in [0.717, 1.165) is 12.1 Å². The minimum atomic E-state index is -3.72. The maximum atomic E-state index is 13.2. The van der Waals surface area contributed by atoms with Crippen molar-refractivity contribution in [1.29, 1.82) is 0 Å². The fourth-order valence-corrected chi connectivity index (χ4v) is 4.41. The molecule has 2 heterocycles. The number of anilines is 1. The van der Waals surface area contributed by atoms with Crippen molar-refractivity contribution in [1.82, 2.24) is 9.03 Å². The van der Waals surface area contributed by atoms with Gasteiger partial charge in [-0.25, -0.2) is 8.78 Å². The minimum Gasteiger partial charge on any atom is -0.377 e. The van der Waals surface area contributed by atoms with E-state index in [1.54, 1.807) is 6.92 Å². The van der Waals surface area contributed by atoms with Crippen LogP contribution in [-0.2, 0) is 19.7 Å². The molecule has 2 aliphatic rings. The summed E-state index contributed by atoms with van der Waals surface area (Å²) in [4.78, 5) is 12.2. The molecule has 0 unspecified atom stereocenters. The molecule has 2 N–H and O–H groups in total. The van der Waals surface area contributed by atoms with Crippen LogP contribution >= 0.6 is 13.5 Å². The van der Waals surface area contributed by atoms with Crippen molar-refractivity contribution in [2.45, 2.75) is 18.9 Å². The number of nitrogens with zero attached hydrogens (tertiary/aromatic N) is 1. The fraction of sp³-hybridized carbons (Fsp3) is 0.533. The lowest BCUT2D eigenvalue weighted by Crippen LogP contribution is -2.62. The number of hydrogen-bond acceptors (Lipinski definition) is 4. The fourth-order valence-electron chi connectivity index (χ4n) is 2.82. The van der Waals surface area contributed by atoms with Crippen molar-refractivity contribution < 1.29 is 26.7 Å². The molecule has 0 saturated carbocycles. The summed E-state index contributed by atoms with van der Waals surface area (Å²) in [6.45, 7) is 2.60. The molecule has 0 aromatic heterocycles. The second kappa shape index (κ2) is 7.77. The number of hydrogen-bond donors (Lipinski definition) is 2. The molecule has 2 aliphatic heterocycles. The molecule has 26 heavy (non-hydrogen) atoms. The van der Waals surface area contributed by atoms with E-state index in [2.05, 4.69) is 10.0 Å². The van der Waals surface area contributed by atoms with Gasteiger partial charge in [0.25, 0.3) is 10.2 Å². The number of carbonyl (C=O) groups is 1. The summed E-state index contributed by atoms with van der Waals surface area (Å²) >= 11 is 0. The predicted octanol–water partition coefficient (Wildman–Crippen LogP) is 0.961. The molecule has 146 valence electrons. The van der Waals surface area contributed by atoms with Gasteiger partial charge in [0.05, 0.1) is 24.7 Å². The summed E-state index contributed by atoms with van der Waals surface area (Å²) < 4.78 is 59.7. The van der Waals surface area contributed by atoms with Gasteiger partial charge in [0.1, 0.15) is 0 Å². The topological polar surface area (TPSA) is 87.7 Å². The highest BCUT2D eigenvalue weighted by Crippen LogP contribution is 2.24. The summed E-state index contributed by atoms with van der Waals surface area (Å²) in [5.74, 6) is -3.05. The van der Waals surface area contributed by atoms with Crippen molar-refractivity contribution >= 4 is 35.3 Å². The number of rotatable bonds is 5. The Labute approximate surface area is 157 Å². The Hall–Kier alpha value is -1.27. The van der Waals surface area contributed by atoms with Crippen LogP contribution in [-0.4, -0.2) is 50.5 Å². The van der Waals surface area contributed by atoms with E-state index in [-0.39, 0.29) is 32.3 Å². The average Bonchev–Trinajstić information content (AvgIpc) is 3.00. The van der Waals surface area contributed by atoms with Crippen molar-refractivity contribution in [2.75, 3.05) is 31.6 Å². The largest absolute Gasteiger partial charge is 0.377 e. The van der Waals surface area contributed by atoms with Crippen LogP contribution in [0.25, 0.3) is 0 Å². The standard InChI is InChI=1S/C15H19F2N3O4S.H2S/c1-15(8-24-9-15)19-25(22,23)20-5-4-10(7-20)14(21)18-11-2-3-12(16)13(17)6-11;/h2-3,6,10,19H,4-5,7-9H2,1H3,(H,18,21);1H2/t10-;/m0./s1. The number of amides is 1. The third-order valence-corrected chi connectivity index (χ3v) is 6.03. The first-order valence-corrected chi connectivity index (χ1v) is 9.25. The average molecular weight is 409 g/mol. The van der Waals surface area contributed by atoms with Crippen LogP contribution in [0.2, 0.25) is 0 Å². The maximum absolute atomic E-state index is 13.2. The first-order chi connectivity index (χ1) is 11.7. The Morgan fingerprint density at radius 2 is 2.00 bits per heavy atom. The molecular weight excluding hydrogens is 388 g/mol. The zero-order chi connectivity index (χ0) is 18.2. The highest BCUT2D eigenvalue weighted by molar-refractivity contribution is 7.87. The van der Waals surface area contributed by atoms with Crippen LogP contribution in [0.1, 0.15) is 13.3 Å². The molecule has 0 aliphatic carbocycles. The molecule has 1 amide bonds. The van der Waals surface area contributed by atoms with Gasteiger partial charge in [0.2, 0.25) is 5.91 Å². The van der Waals surface area contributed by atoms with Gasteiger partial charge in [0, 0.05) is 24.8 Å². The molecule has 1 atom stereocenters. The number of nitrogens with one attached hydrogen (secondary N) is 2. The summed E-state index contributed by atoms with van der Waals surface area (Å²) in [6, 6.07) is 3.05. The Balaban J connectivity index is 0.00000243. The maximum Gasteiger partial charge on any atom is 0.280 e. The Kier molecular flexibility index (Phi) is 6.28. The smallest absolute Gasteiger partial charge is 0.280 e. The first-order valence-electron chi connectivity index (χ1n) is 7.81. The summed E-state index contributed by atoms with van der Waals surface area (Å²) in [5.41, 5.74) is -0.493. The lowest BCUT2D eigenvalue weighted by molar-refractivity contribution is -0.119. The van der Waals surface area contributed by atoms with E-state index in [1.165, 1.54) is 10.4 Å². The van der Waals surface area contributed by atoms with Gasteiger partial charge < -0.3 is 10.1 Å². The zero-order valence-electron chi connectivity index (χ0n) is 14.1. The lowest BCUT2D eigenvalue weighted by atomic mass is 10.0. The second-order valence-corrected chi connectivity index (χ2v) is 8.29. The quantitative estimate of drug-likeness (QED) is 0.758. The molecule has 0 spiro atoms. The minimum absolute atomic E-state index is 0. The molecule has 7 nitrogen and oxygen atoms in total. The molecule has 11 heteroatoms. The highest BCUT2D eigenvalue weighted by atomic mass is 32.2. The molecule has 2 fully saturated rings. The third kappa shape index (κ3) is 4.52. The number of benzene rings is 1. The first kappa shape index (κ1) is 21.0. The summed E-state index contributed by atoms with van der Waals surface area (Å²) in [6.07, 6.45) is 0.351. The summed E-state index contributed by atoms with van der Waals surface area (Å²) in [5, 5.41) is 2.49. The van der Waals surface area contributed by atoms with E-state index in [0.29, 0.717) is 19.6 Å². The molecular formula is C15H21F2N3O4S2. The molecule has 1 aromatic rings. The van der Waals surface area contributed by atoms with Gasteiger partial charge in [-0.05, 0) is 25.5 Å². The van der Waals surface area contributed by atoms with Crippen molar-refractivity contribution in [3.05, 3.63) is 29.8 Å². The van der Waals surface area contributed by atoms with E-state index in [1.807, 2.05) is 0 Å². The molecule has 1 aromatic carbocycles. The van der Waals surface area contributed by atoms with Gasteiger partial charge in [0.15, 0.2) is 11.6 Å². The number of ether oxygens (including phenoxy) is 1. The summed E-state index contributed by atoms with van der Waals surface area (Å²) in [7, 11) is -3.72. The lowest BCUT2D eigenvalue weighted by Gasteiger charge is -2.39. The zero-order valence-corrected chi connectivity index (χ0v) is 15.9. The molecule has 0 radical (unpaired) electrons. The van der Waals surface area contributed by atoms with Gasteiger partial charge in [-0.1, -0.05) is 0 Å². The van der Waals surface area contributed by atoms with Gasteiger partial charge in [-0.15, -0.1) is 0 Å². The molecule has 0 bridgehead atoms. The highest BCUT2D eigenvalue weighted by Gasteiger charge is 2.42. The van der Waals surface area contributed by atoms with Crippen LogP contribution < -0.4 is 10.0 Å². The van der Waals surface area contributed by atoms with E-state index >= 15 is 0 Å². The van der Waals surface area contributed by atoms with Crippen LogP contribution in [0.3, 0.4) is 0 Å². The molecule has 3 rings (SSSR count). The van der Waals surface area contributed by atoms with Gasteiger partial charge >= 0.3 is 0 Å². The number of carbonyl (C=O) groups excluding carboxylic acids is 1.